The number of ether oxygens (including phenoxy) is 1. The fourth-order valence-corrected chi connectivity index (χ4v) is 1.40. The van der Waals surface area contributed by atoms with E-state index in [0.717, 1.165) is 0 Å². The van der Waals surface area contributed by atoms with E-state index in [4.69, 9.17) is 15.7 Å². The van der Waals surface area contributed by atoms with Crippen molar-refractivity contribution in [3.63, 3.8) is 0 Å². The lowest BCUT2D eigenvalue weighted by molar-refractivity contribution is 0.0758. The molecule has 1 saturated heterocycles. The second-order valence-corrected chi connectivity index (χ2v) is 3.25. The minimum absolute atomic E-state index is 0.403. The van der Waals surface area contributed by atoms with Gasteiger partial charge in [0.2, 0.25) is 5.95 Å². The van der Waals surface area contributed by atoms with Gasteiger partial charge in [0, 0.05) is 6.54 Å². The molecule has 78 valence electrons. The summed E-state index contributed by atoms with van der Waals surface area (Å²) in [4.78, 5) is 10.1. The highest BCUT2D eigenvalue weighted by Crippen LogP contribution is 2.12. The molecule has 0 bridgehead atoms. The van der Waals surface area contributed by atoms with Crippen LogP contribution in [0.25, 0.3) is 0 Å². The van der Waals surface area contributed by atoms with Crippen molar-refractivity contribution in [3.05, 3.63) is 12.4 Å². The largest absolute Gasteiger partial charge is 0.396 e. The van der Waals surface area contributed by atoms with Crippen molar-refractivity contribution in [3.8, 4) is 6.07 Å². The molecule has 0 amide bonds. The van der Waals surface area contributed by atoms with Crippen LogP contribution in [0.5, 0.6) is 0 Å². The maximum Gasteiger partial charge on any atom is 0.225 e. The smallest absolute Gasteiger partial charge is 0.225 e. The lowest BCUT2D eigenvalue weighted by Gasteiger charge is -2.29. The molecule has 1 aromatic heterocycles. The number of rotatable bonds is 1. The van der Waals surface area contributed by atoms with Gasteiger partial charge in [-0.25, -0.2) is 9.97 Å². The summed E-state index contributed by atoms with van der Waals surface area (Å²) in [7, 11) is 0. The van der Waals surface area contributed by atoms with Gasteiger partial charge in [-0.2, -0.15) is 5.26 Å². The van der Waals surface area contributed by atoms with E-state index in [1.165, 1.54) is 0 Å². The predicted molar refractivity (Wildman–Crippen MR) is 54.0 cm³/mol. The minimum atomic E-state index is -0.403. The van der Waals surface area contributed by atoms with Gasteiger partial charge in [-0.15, -0.1) is 0 Å². The summed E-state index contributed by atoms with van der Waals surface area (Å²) >= 11 is 0. The highest BCUT2D eigenvalue weighted by molar-refractivity contribution is 5.38. The Morgan fingerprint density at radius 2 is 2.27 bits per heavy atom. The average molecular weight is 205 g/mol. The predicted octanol–water partition coefficient (Wildman–Crippen LogP) is -0.212. The maximum absolute atomic E-state index is 8.74. The van der Waals surface area contributed by atoms with Gasteiger partial charge < -0.3 is 15.4 Å². The molecule has 15 heavy (non-hydrogen) atoms. The normalized spacial score (nSPS) is 21.0. The van der Waals surface area contributed by atoms with E-state index in [2.05, 4.69) is 16.0 Å². The molecule has 2 N–H and O–H groups in total. The van der Waals surface area contributed by atoms with Crippen molar-refractivity contribution in [2.75, 3.05) is 30.3 Å². The van der Waals surface area contributed by atoms with Crippen LogP contribution in [0.4, 0.5) is 11.6 Å². The Bertz CT molecular complexity index is 371. The van der Waals surface area contributed by atoms with E-state index in [1.54, 1.807) is 12.4 Å². The van der Waals surface area contributed by atoms with Crippen LogP contribution in [0, 0.1) is 11.3 Å². The van der Waals surface area contributed by atoms with Gasteiger partial charge in [0.05, 0.1) is 37.3 Å². The molecule has 1 aliphatic rings. The monoisotopic (exact) mass is 205 g/mol. The fourth-order valence-electron chi connectivity index (χ4n) is 1.40. The first kappa shape index (κ1) is 9.68. The van der Waals surface area contributed by atoms with Crippen molar-refractivity contribution in [1.29, 1.82) is 5.26 Å². The number of anilines is 2. The molecular weight excluding hydrogens is 194 g/mol. The highest BCUT2D eigenvalue weighted by Gasteiger charge is 2.21. The molecule has 0 aromatic carbocycles. The Labute approximate surface area is 87.3 Å². The molecule has 1 fully saturated rings. The van der Waals surface area contributed by atoms with Crippen molar-refractivity contribution < 1.29 is 4.74 Å². The second-order valence-electron chi connectivity index (χ2n) is 3.25. The van der Waals surface area contributed by atoms with E-state index in [1.807, 2.05) is 4.90 Å². The van der Waals surface area contributed by atoms with Gasteiger partial charge in [-0.05, 0) is 0 Å². The number of aromatic nitrogens is 2. The van der Waals surface area contributed by atoms with E-state index >= 15 is 0 Å². The van der Waals surface area contributed by atoms with Crippen LogP contribution in [0.1, 0.15) is 0 Å². The van der Waals surface area contributed by atoms with Crippen LogP contribution in [0.3, 0.4) is 0 Å². The standard InChI is InChI=1S/C9H11N5O/c10-3-8-6-14(1-2-15-8)9-12-4-7(11)5-13-9/h4-5,8H,1-2,6,11H2. The van der Waals surface area contributed by atoms with Gasteiger partial charge >= 0.3 is 0 Å². The molecule has 0 spiro atoms. The van der Waals surface area contributed by atoms with Crippen molar-refractivity contribution in [2.45, 2.75) is 6.10 Å². The van der Waals surface area contributed by atoms with Gasteiger partial charge in [0.15, 0.2) is 6.10 Å². The molecule has 0 aliphatic carbocycles. The number of morpholine rings is 1. The third kappa shape index (κ3) is 2.14. The summed E-state index contributed by atoms with van der Waals surface area (Å²) < 4.78 is 5.22. The van der Waals surface area contributed by atoms with Crippen molar-refractivity contribution in [2.24, 2.45) is 0 Å². The van der Waals surface area contributed by atoms with Crippen LogP contribution in [0.15, 0.2) is 12.4 Å². The molecule has 1 atom stereocenters. The number of nitrogens with two attached hydrogens (primary N) is 1. The topological polar surface area (TPSA) is 88.1 Å². The zero-order valence-corrected chi connectivity index (χ0v) is 8.13. The summed E-state index contributed by atoms with van der Waals surface area (Å²) in [5, 5.41) is 8.74. The van der Waals surface area contributed by atoms with Crippen LogP contribution in [-0.2, 0) is 4.74 Å². The second kappa shape index (κ2) is 4.11. The molecule has 0 radical (unpaired) electrons. The van der Waals surface area contributed by atoms with Crippen molar-refractivity contribution >= 4 is 11.6 Å². The number of nitriles is 1. The number of hydrogen-bond donors (Lipinski definition) is 1. The lowest BCUT2D eigenvalue weighted by Crippen LogP contribution is -2.42. The molecular formula is C9H11N5O. The van der Waals surface area contributed by atoms with Crippen LogP contribution < -0.4 is 10.6 Å². The molecule has 2 rings (SSSR count). The van der Waals surface area contributed by atoms with E-state index < -0.39 is 6.10 Å². The Morgan fingerprint density at radius 3 is 2.93 bits per heavy atom. The molecule has 6 nitrogen and oxygen atoms in total. The first-order valence-corrected chi connectivity index (χ1v) is 4.63. The first-order chi connectivity index (χ1) is 7.29. The summed E-state index contributed by atoms with van der Waals surface area (Å²) in [5.41, 5.74) is 6.02. The van der Waals surface area contributed by atoms with Crippen molar-refractivity contribution in [1.82, 2.24) is 9.97 Å². The Balaban J connectivity index is 2.10. The Morgan fingerprint density at radius 1 is 1.53 bits per heavy atom. The number of nitrogens with zero attached hydrogens (tertiary/aromatic N) is 4. The maximum atomic E-state index is 8.74. The summed E-state index contributed by atoms with van der Waals surface area (Å²) in [6.45, 7) is 1.72. The molecule has 1 unspecified atom stereocenters. The van der Waals surface area contributed by atoms with E-state index in [0.29, 0.717) is 31.3 Å². The third-order valence-corrected chi connectivity index (χ3v) is 2.15. The molecule has 1 aliphatic heterocycles. The highest BCUT2D eigenvalue weighted by atomic mass is 16.5. The zero-order valence-electron chi connectivity index (χ0n) is 8.13. The summed E-state index contributed by atoms with van der Waals surface area (Å²) in [6.07, 6.45) is 2.71. The average Bonchev–Trinajstić information content (AvgIpc) is 2.30. The van der Waals surface area contributed by atoms with Gasteiger partial charge in [-0.1, -0.05) is 0 Å². The molecule has 2 heterocycles. The van der Waals surface area contributed by atoms with Gasteiger partial charge in [0.1, 0.15) is 0 Å². The lowest BCUT2D eigenvalue weighted by atomic mass is 10.3. The molecule has 0 saturated carbocycles. The molecule has 6 heteroatoms. The van der Waals surface area contributed by atoms with Crippen LogP contribution in [-0.4, -0.2) is 35.8 Å². The van der Waals surface area contributed by atoms with E-state index in [-0.39, 0.29) is 0 Å². The van der Waals surface area contributed by atoms with Gasteiger partial charge in [-0.3, -0.25) is 0 Å². The van der Waals surface area contributed by atoms with Crippen LogP contribution >= 0.6 is 0 Å². The summed E-state index contributed by atoms with van der Waals surface area (Å²) in [5.74, 6) is 0.591. The van der Waals surface area contributed by atoms with Crippen LogP contribution in [0.2, 0.25) is 0 Å². The van der Waals surface area contributed by atoms with E-state index in [9.17, 15) is 0 Å². The molecule has 1 aromatic rings. The SMILES string of the molecule is N#CC1CN(c2ncc(N)cn2)CCO1. The number of nitrogen functional groups attached to an aromatic ring is 1. The minimum Gasteiger partial charge on any atom is -0.396 e. The number of hydrogen-bond acceptors (Lipinski definition) is 6. The quantitative estimate of drug-likeness (QED) is 0.682. The summed E-state index contributed by atoms with van der Waals surface area (Å²) in [6, 6.07) is 2.07. The Hall–Kier alpha value is -1.87. The Kier molecular flexibility index (Phi) is 2.65. The van der Waals surface area contributed by atoms with Gasteiger partial charge in [0.25, 0.3) is 0 Å². The third-order valence-electron chi connectivity index (χ3n) is 2.15. The zero-order chi connectivity index (χ0) is 10.7. The first-order valence-electron chi connectivity index (χ1n) is 4.63. The fraction of sp³-hybridized carbons (Fsp3) is 0.444.